The van der Waals surface area contributed by atoms with Gasteiger partial charge in [-0.1, -0.05) is 6.07 Å². The normalized spacial score (nSPS) is 25.0. The van der Waals surface area contributed by atoms with Gasteiger partial charge in [0, 0.05) is 62.8 Å². The van der Waals surface area contributed by atoms with Crippen LogP contribution >= 0.6 is 0 Å². The van der Waals surface area contributed by atoms with Gasteiger partial charge in [0.15, 0.2) is 0 Å². The summed E-state index contributed by atoms with van der Waals surface area (Å²) in [5.41, 5.74) is 3.96. The summed E-state index contributed by atoms with van der Waals surface area (Å²) < 4.78 is 11.7. The molecule has 3 aromatic rings. The highest BCUT2D eigenvalue weighted by Gasteiger charge is 2.50. The minimum Gasteiger partial charge on any atom is -0.489 e. The number of imide groups is 1. The number of ether oxygens (including phenoxy) is 2. The third-order valence-corrected chi connectivity index (χ3v) is 9.22. The molecule has 0 saturated carbocycles. The number of benzene rings is 2. The maximum atomic E-state index is 13.0. The van der Waals surface area contributed by atoms with Crippen LogP contribution in [0, 0.1) is 5.41 Å². The largest absolute Gasteiger partial charge is 0.489 e. The van der Waals surface area contributed by atoms with E-state index in [1.165, 1.54) is 5.56 Å². The van der Waals surface area contributed by atoms with E-state index in [0.29, 0.717) is 23.9 Å². The molecule has 6 heterocycles. The molecule has 4 saturated heterocycles. The lowest BCUT2D eigenvalue weighted by Gasteiger charge is -2.54. The topological polar surface area (TPSA) is 117 Å². The number of aromatic nitrogens is 2. The summed E-state index contributed by atoms with van der Waals surface area (Å²) in [6.07, 6.45) is 3.50. The highest BCUT2D eigenvalue weighted by atomic mass is 16.5. The lowest BCUT2D eigenvalue weighted by Crippen LogP contribution is -2.66. The summed E-state index contributed by atoms with van der Waals surface area (Å²) in [5, 5.41) is 3.39. The van der Waals surface area contributed by atoms with E-state index in [-0.39, 0.29) is 24.3 Å². The van der Waals surface area contributed by atoms with Crippen LogP contribution in [0.25, 0.3) is 10.9 Å². The number of nitrogens with one attached hydrogen (secondary N) is 1. The number of hydrogen-bond donors (Lipinski definition) is 1. The van der Waals surface area contributed by atoms with E-state index in [9.17, 15) is 14.4 Å². The number of carbonyl (C=O) groups is 3. The molecule has 1 unspecified atom stereocenters. The molecular formula is C31H32N6O5. The van der Waals surface area contributed by atoms with Gasteiger partial charge in [-0.2, -0.15) is 0 Å². The third-order valence-electron chi connectivity index (χ3n) is 9.22. The van der Waals surface area contributed by atoms with Gasteiger partial charge in [-0.15, -0.1) is 0 Å². The molecule has 1 spiro atoms. The minimum atomic E-state index is -0.616. The molecule has 0 aliphatic carbocycles. The number of likely N-dealkylation sites (tertiary alicyclic amines) is 1. The van der Waals surface area contributed by atoms with Crippen LogP contribution in [0.5, 0.6) is 5.75 Å². The lowest BCUT2D eigenvalue weighted by atomic mass is 9.78. The van der Waals surface area contributed by atoms with E-state index >= 15 is 0 Å². The summed E-state index contributed by atoms with van der Waals surface area (Å²) >= 11 is 0. The Morgan fingerprint density at radius 3 is 2.76 bits per heavy atom. The van der Waals surface area contributed by atoms with Gasteiger partial charge in [-0.3, -0.25) is 24.6 Å². The number of carbonyl (C=O) groups excluding carboxylic acids is 3. The molecule has 5 aliphatic heterocycles. The fraction of sp³-hybridized carbons (Fsp3) is 0.452. The van der Waals surface area contributed by atoms with E-state index in [2.05, 4.69) is 38.3 Å². The van der Waals surface area contributed by atoms with E-state index in [1.807, 2.05) is 18.3 Å². The first kappa shape index (κ1) is 25.6. The van der Waals surface area contributed by atoms with Crippen molar-refractivity contribution in [3.8, 4) is 5.75 Å². The number of hydrogen-bond acceptors (Lipinski definition) is 9. The average Bonchev–Trinajstić information content (AvgIpc) is 3.50. The van der Waals surface area contributed by atoms with Crippen LogP contribution in [0.3, 0.4) is 0 Å². The molecule has 3 amide bonds. The molecule has 42 heavy (non-hydrogen) atoms. The predicted octanol–water partition coefficient (Wildman–Crippen LogP) is 1.88. The number of nitrogens with zero attached hydrogens (tertiary/aromatic N) is 5. The van der Waals surface area contributed by atoms with Crippen LogP contribution in [0.15, 0.2) is 42.6 Å². The van der Waals surface area contributed by atoms with Gasteiger partial charge < -0.3 is 19.3 Å². The highest BCUT2D eigenvalue weighted by molar-refractivity contribution is 6.05. The van der Waals surface area contributed by atoms with Crippen LogP contribution < -0.4 is 15.0 Å². The second-order valence-corrected chi connectivity index (χ2v) is 12.4. The fourth-order valence-corrected chi connectivity index (χ4v) is 6.91. The number of rotatable bonds is 6. The summed E-state index contributed by atoms with van der Waals surface area (Å²) in [5.74, 6) is 0.670. The van der Waals surface area contributed by atoms with Crippen molar-refractivity contribution in [2.75, 3.05) is 44.3 Å². The van der Waals surface area contributed by atoms with Crippen molar-refractivity contribution in [3.05, 3.63) is 59.3 Å². The number of piperidine rings is 1. The minimum absolute atomic E-state index is 0.0543. The Morgan fingerprint density at radius 2 is 1.95 bits per heavy atom. The van der Waals surface area contributed by atoms with Gasteiger partial charge in [-0.05, 0) is 54.3 Å². The summed E-state index contributed by atoms with van der Waals surface area (Å²) in [7, 11) is 0. The molecule has 0 radical (unpaired) electrons. The Balaban J connectivity index is 0.874. The zero-order chi connectivity index (χ0) is 28.4. The maximum Gasteiger partial charge on any atom is 0.255 e. The molecule has 11 heteroatoms. The van der Waals surface area contributed by atoms with Crippen LogP contribution in [-0.4, -0.2) is 89.0 Å². The van der Waals surface area contributed by atoms with Crippen LogP contribution in [0.4, 0.5) is 5.95 Å². The van der Waals surface area contributed by atoms with Gasteiger partial charge in [0.25, 0.3) is 5.91 Å². The monoisotopic (exact) mass is 568 g/mol. The molecule has 2 aromatic carbocycles. The Hall–Kier alpha value is -4.09. The third kappa shape index (κ3) is 4.47. The Labute approximate surface area is 242 Å². The van der Waals surface area contributed by atoms with Gasteiger partial charge in [0.2, 0.25) is 17.8 Å². The standard InChI is InChI=1S/C31H32N6O5/c38-27-6-5-26(28(39)34-27)37-13-21-10-22(2-3-24(21)29(37)40)42-23-7-8-35(14-23)12-19-1-4-25-20(9-19)11-32-30(33-25)36-15-31(16-36)17-41-18-31/h1-4,9-11,23,26H,5-8,12-18H2,(H,34,38,39)/t23-,26?/m0/s1. The SMILES string of the molecule is O=C1CCC(N2Cc3cc(O[C@H]4CCN(Cc5ccc6nc(N7CC8(COC8)C7)ncc6c5)C4)ccc3C2=O)C(=O)N1. The average molecular weight is 569 g/mol. The van der Waals surface area contributed by atoms with Crippen molar-refractivity contribution in [2.24, 2.45) is 5.41 Å². The van der Waals surface area contributed by atoms with Crippen molar-refractivity contribution >= 4 is 34.6 Å². The molecule has 4 fully saturated rings. The van der Waals surface area contributed by atoms with Crippen molar-refractivity contribution in [2.45, 2.75) is 44.5 Å². The molecule has 0 bridgehead atoms. The second kappa shape index (κ2) is 9.74. The molecule has 5 aliphatic rings. The van der Waals surface area contributed by atoms with E-state index in [1.54, 1.807) is 11.0 Å². The molecule has 1 N–H and O–H groups in total. The van der Waals surface area contributed by atoms with Crippen molar-refractivity contribution in [3.63, 3.8) is 0 Å². The highest BCUT2D eigenvalue weighted by Crippen LogP contribution is 2.39. The molecule has 11 nitrogen and oxygen atoms in total. The lowest BCUT2D eigenvalue weighted by molar-refractivity contribution is -0.136. The van der Waals surface area contributed by atoms with Crippen molar-refractivity contribution in [1.29, 1.82) is 0 Å². The zero-order valence-corrected chi connectivity index (χ0v) is 23.3. The summed E-state index contributed by atoms with van der Waals surface area (Å²) in [4.78, 5) is 52.5. The molecular weight excluding hydrogens is 536 g/mol. The van der Waals surface area contributed by atoms with Crippen LogP contribution in [0.1, 0.15) is 40.7 Å². The maximum absolute atomic E-state index is 13.0. The smallest absolute Gasteiger partial charge is 0.255 e. The summed E-state index contributed by atoms with van der Waals surface area (Å²) in [6.45, 7) is 6.56. The van der Waals surface area contributed by atoms with E-state index in [4.69, 9.17) is 14.5 Å². The molecule has 2 atom stereocenters. The number of anilines is 1. The van der Waals surface area contributed by atoms with Gasteiger partial charge in [0.1, 0.15) is 17.9 Å². The Bertz CT molecular complexity index is 1610. The Morgan fingerprint density at radius 1 is 1.07 bits per heavy atom. The second-order valence-electron chi connectivity index (χ2n) is 12.4. The van der Waals surface area contributed by atoms with E-state index < -0.39 is 11.9 Å². The molecule has 1 aromatic heterocycles. The van der Waals surface area contributed by atoms with Crippen LogP contribution in [0.2, 0.25) is 0 Å². The predicted molar refractivity (Wildman–Crippen MR) is 152 cm³/mol. The van der Waals surface area contributed by atoms with Gasteiger partial charge in [0.05, 0.1) is 24.1 Å². The Kier molecular flexibility index (Phi) is 5.94. The summed E-state index contributed by atoms with van der Waals surface area (Å²) in [6, 6.07) is 11.3. The van der Waals surface area contributed by atoms with Gasteiger partial charge >= 0.3 is 0 Å². The van der Waals surface area contributed by atoms with E-state index in [0.717, 1.165) is 80.5 Å². The quantitative estimate of drug-likeness (QED) is 0.445. The number of amides is 3. The van der Waals surface area contributed by atoms with Crippen molar-refractivity contribution < 1.29 is 23.9 Å². The first-order valence-corrected chi connectivity index (χ1v) is 14.7. The number of fused-ring (bicyclic) bond motifs is 2. The first-order chi connectivity index (χ1) is 20.4. The van der Waals surface area contributed by atoms with Gasteiger partial charge in [-0.25, -0.2) is 9.97 Å². The first-order valence-electron chi connectivity index (χ1n) is 14.7. The van der Waals surface area contributed by atoms with Crippen molar-refractivity contribution in [1.82, 2.24) is 25.1 Å². The molecule has 8 rings (SSSR count). The molecule has 216 valence electrons. The zero-order valence-electron chi connectivity index (χ0n) is 23.3. The fourth-order valence-electron chi connectivity index (χ4n) is 6.91. The van der Waals surface area contributed by atoms with Crippen LogP contribution in [-0.2, 0) is 27.4 Å².